The number of benzene rings is 2. The fourth-order valence-corrected chi connectivity index (χ4v) is 3.43. The third-order valence-electron chi connectivity index (χ3n) is 4.81. The molecular formula is C22H24N2O3. The monoisotopic (exact) mass is 364 g/mol. The van der Waals surface area contributed by atoms with Gasteiger partial charge in [-0.15, -0.1) is 0 Å². The summed E-state index contributed by atoms with van der Waals surface area (Å²) in [6, 6.07) is 13.8. The molecule has 0 aliphatic carbocycles. The van der Waals surface area contributed by atoms with Crippen molar-refractivity contribution in [1.82, 2.24) is 10.3 Å². The van der Waals surface area contributed by atoms with Gasteiger partial charge in [-0.1, -0.05) is 42.0 Å². The summed E-state index contributed by atoms with van der Waals surface area (Å²) in [5, 5.41) is 13.3. The molecule has 0 saturated heterocycles. The standard InChI is InChI=1S/C22H24N2O3/c1-14-5-3-7-16(9-14)10-18(22(26)27)13-24-20(25)11-17-12-23-19-8-4-6-15(2)21(17)19/h3-9,12,18,23H,10-11,13H2,1-2H3,(H,24,25)(H,26,27). The zero-order valence-corrected chi connectivity index (χ0v) is 15.6. The molecule has 0 bridgehead atoms. The van der Waals surface area contributed by atoms with Gasteiger partial charge in [0.15, 0.2) is 0 Å². The lowest BCUT2D eigenvalue weighted by molar-refractivity contribution is -0.141. The van der Waals surface area contributed by atoms with Crippen molar-refractivity contribution in [3.63, 3.8) is 0 Å². The summed E-state index contributed by atoms with van der Waals surface area (Å²) in [5.41, 5.74) is 5.09. The molecule has 27 heavy (non-hydrogen) atoms. The highest BCUT2D eigenvalue weighted by Crippen LogP contribution is 2.22. The maximum Gasteiger partial charge on any atom is 0.308 e. The Bertz CT molecular complexity index is 975. The van der Waals surface area contributed by atoms with E-state index in [0.717, 1.165) is 33.2 Å². The number of aromatic nitrogens is 1. The molecular weight excluding hydrogens is 340 g/mol. The molecule has 0 saturated carbocycles. The van der Waals surface area contributed by atoms with E-state index in [1.165, 1.54) is 0 Å². The minimum atomic E-state index is -0.903. The molecule has 0 aliphatic heterocycles. The van der Waals surface area contributed by atoms with E-state index in [1.807, 2.05) is 62.5 Å². The van der Waals surface area contributed by atoms with E-state index in [9.17, 15) is 14.7 Å². The number of aryl methyl sites for hydroxylation is 2. The predicted molar refractivity (Wildman–Crippen MR) is 106 cm³/mol. The van der Waals surface area contributed by atoms with Crippen LogP contribution in [-0.4, -0.2) is 28.5 Å². The van der Waals surface area contributed by atoms with Gasteiger partial charge in [0.2, 0.25) is 5.91 Å². The van der Waals surface area contributed by atoms with Gasteiger partial charge < -0.3 is 15.4 Å². The zero-order chi connectivity index (χ0) is 19.4. The number of fused-ring (bicyclic) bond motifs is 1. The Morgan fingerprint density at radius 3 is 2.67 bits per heavy atom. The van der Waals surface area contributed by atoms with E-state index in [2.05, 4.69) is 10.3 Å². The lowest BCUT2D eigenvalue weighted by atomic mass is 9.98. The van der Waals surface area contributed by atoms with Crippen molar-refractivity contribution < 1.29 is 14.7 Å². The maximum atomic E-state index is 12.4. The lowest BCUT2D eigenvalue weighted by Crippen LogP contribution is -2.34. The number of carboxylic acid groups (broad SMARTS) is 1. The molecule has 0 spiro atoms. The Morgan fingerprint density at radius 2 is 1.93 bits per heavy atom. The normalized spacial score (nSPS) is 12.1. The molecule has 5 heteroatoms. The van der Waals surface area contributed by atoms with Crippen LogP contribution in [-0.2, 0) is 22.4 Å². The van der Waals surface area contributed by atoms with Crippen LogP contribution in [0.25, 0.3) is 10.9 Å². The number of nitrogens with one attached hydrogen (secondary N) is 2. The van der Waals surface area contributed by atoms with Crippen molar-refractivity contribution in [1.29, 1.82) is 0 Å². The molecule has 3 N–H and O–H groups in total. The Balaban J connectivity index is 1.63. The highest BCUT2D eigenvalue weighted by Gasteiger charge is 2.19. The van der Waals surface area contributed by atoms with Crippen LogP contribution < -0.4 is 5.32 Å². The average Bonchev–Trinajstić information content (AvgIpc) is 3.02. The van der Waals surface area contributed by atoms with Crippen LogP contribution in [0, 0.1) is 19.8 Å². The van der Waals surface area contributed by atoms with Crippen LogP contribution in [0.1, 0.15) is 22.3 Å². The molecule has 3 rings (SSSR count). The number of hydrogen-bond acceptors (Lipinski definition) is 2. The van der Waals surface area contributed by atoms with Crippen molar-refractivity contribution in [2.75, 3.05) is 6.54 Å². The largest absolute Gasteiger partial charge is 0.481 e. The van der Waals surface area contributed by atoms with Gasteiger partial charge in [-0.3, -0.25) is 9.59 Å². The van der Waals surface area contributed by atoms with Crippen molar-refractivity contribution in [3.05, 3.63) is 70.9 Å². The summed E-state index contributed by atoms with van der Waals surface area (Å²) in [7, 11) is 0. The van der Waals surface area contributed by atoms with E-state index in [1.54, 1.807) is 0 Å². The molecule has 2 aromatic carbocycles. The summed E-state index contributed by atoms with van der Waals surface area (Å²) >= 11 is 0. The van der Waals surface area contributed by atoms with Crippen LogP contribution in [0.15, 0.2) is 48.7 Å². The number of rotatable bonds is 7. The number of carbonyl (C=O) groups excluding carboxylic acids is 1. The summed E-state index contributed by atoms with van der Waals surface area (Å²) in [5.74, 6) is -1.73. The van der Waals surface area contributed by atoms with Crippen molar-refractivity contribution in [3.8, 4) is 0 Å². The van der Waals surface area contributed by atoms with Crippen molar-refractivity contribution >= 4 is 22.8 Å². The van der Waals surface area contributed by atoms with E-state index < -0.39 is 11.9 Å². The predicted octanol–water partition coefficient (Wildman–Crippen LogP) is 3.39. The number of aliphatic carboxylic acids is 1. The number of carboxylic acids is 1. The van der Waals surface area contributed by atoms with E-state index in [-0.39, 0.29) is 18.9 Å². The fourth-order valence-electron chi connectivity index (χ4n) is 3.43. The minimum Gasteiger partial charge on any atom is -0.481 e. The number of hydrogen-bond donors (Lipinski definition) is 3. The van der Waals surface area contributed by atoms with E-state index in [4.69, 9.17) is 0 Å². The van der Waals surface area contributed by atoms with Gasteiger partial charge in [0.25, 0.3) is 0 Å². The number of carbonyl (C=O) groups is 2. The molecule has 3 aromatic rings. The molecule has 0 radical (unpaired) electrons. The third kappa shape index (κ3) is 4.56. The second-order valence-electron chi connectivity index (χ2n) is 7.02. The average molecular weight is 364 g/mol. The molecule has 5 nitrogen and oxygen atoms in total. The fraction of sp³-hybridized carbons (Fsp3) is 0.273. The summed E-state index contributed by atoms with van der Waals surface area (Å²) in [6.45, 7) is 4.10. The molecule has 1 aromatic heterocycles. The number of H-pyrrole nitrogens is 1. The molecule has 0 aliphatic rings. The molecule has 140 valence electrons. The quantitative estimate of drug-likeness (QED) is 0.601. The van der Waals surface area contributed by atoms with E-state index in [0.29, 0.717) is 6.42 Å². The highest BCUT2D eigenvalue weighted by atomic mass is 16.4. The van der Waals surface area contributed by atoms with Crippen LogP contribution in [0.2, 0.25) is 0 Å². The Kier molecular flexibility index (Phi) is 5.60. The Labute approximate surface area is 158 Å². The SMILES string of the molecule is Cc1cccc(CC(CNC(=O)Cc2c[nH]c3cccc(C)c23)C(=O)O)c1. The second-order valence-corrected chi connectivity index (χ2v) is 7.02. The Morgan fingerprint density at radius 1 is 1.15 bits per heavy atom. The van der Waals surface area contributed by atoms with Gasteiger partial charge >= 0.3 is 5.97 Å². The van der Waals surface area contributed by atoms with Crippen LogP contribution >= 0.6 is 0 Å². The van der Waals surface area contributed by atoms with Crippen LogP contribution in [0.4, 0.5) is 0 Å². The Hall–Kier alpha value is -3.08. The van der Waals surface area contributed by atoms with Gasteiger partial charge in [0.05, 0.1) is 12.3 Å². The minimum absolute atomic E-state index is 0.115. The molecule has 1 heterocycles. The van der Waals surface area contributed by atoms with Crippen molar-refractivity contribution in [2.45, 2.75) is 26.7 Å². The van der Waals surface area contributed by atoms with Crippen molar-refractivity contribution in [2.24, 2.45) is 5.92 Å². The zero-order valence-electron chi connectivity index (χ0n) is 15.6. The first-order valence-electron chi connectivity index (χ1n) is 9.04. The molecule has 1 atom stereocenters. The number of amides is 1. The first-order valence-corrected chi connectivity index (χ1v) is 9.04. The second kappa shape index (κ2) is 8.08. The molecule has 0 fully saturated rings. The van der Waals surface area contributed by atoms with Gasteiger partial charge in [-0.2, -0.15) is 0 Å². The van der Waals surface area contributed by atoms with Crippen LogP contribution in [0.3, 0.4) is 0 Å². The first kappa shape index (κ1) is 18.7. The summed E-state index contributed by atoms with van der Waals surface area (Å²) in [4.78, 5) is 27.1. The first-order chi connectivity index (χ1) is 12.9. The van der Waals surface area contributed by atoms with Gasteiger partial charge in [-0.05, 0) is 43.0 Å². The van der Waals surface area contributed by atoms with Gasteiger partial charge in [0, 0.05) is 23.6 Å². The van der Waals surface area contributed by atoms with Crippen LogP contribution in [0.5, 0.6) is 0 Å². The van der Waals surface area contributed by atoms with Gasteiger partial charge in [-0.25, -0.2) is 0 Å². The highest BCUT2D eigenvalue weighted by molar-refractivity contribution is 5.91. The topological polar surface area (TPSA) is 82.2 Å². The number of aromatic amines is 1. The lowest BCUT2D eigenvalue weighted by Gasteiger charge is -2.14. The third-order valence-corrected chi connectivity index (χ3v) is 4.81. The summed E-state index contributed by atoms with van der Waals surface area (Å²) in [6.07, 6.45) is 2.46. The molecule has 1 unspecified atom stereocenters. The molecule has 1 amide bonds. The van der Waals surface area contributed by atoms with Gasteiger partial charge in [0.1, 0.15) is 0 Å². The summed E-state index contributed by atoms with van der Waals surface area (Å²) < 4.78 is 0. The smallest absolute Gasteiger partial charge is 0.308 e. The van der Waals surface area contributed by atoms with E-state index >= 15 is 0 Å². The maximum absolute atomic E-state index is 12.4.